The van der Waals surface area contributed by atoms with E-state index in [-0.39, 0.29) is 28.2 Å². The summed E-state index contributed by atoms with van der Waals surface area (Å²) in [6.45, 7) is 4.92. The van der Waals surface area contributed by atoms with Crippen molar-refractivity contribution in [2.75, 3.05) is 39.8 Å². The number of hydrogen-bond donors (Lipinski definition) is 3. The van der Waals surface area contributed by atoms with E-state index in [9.17, 15) is 19.8 Å². The van der Waals surface area contributed by atoms with Crippen LogP contribution < -0.4 is 15.5 Å². The third kappa shape index (κ3) is 6.38. The van der Waals surface area contributed by atoms with Crippen molar-refractivity contribution < 1.29 is 24.2 Å². The summed E-state index contributed by atoms with van der Waals surface area (Å²) in [4.78, 5) is 30.4. The fourth-order valence-corrected chi connectivity index (χ4v) is 6.22. The molecule has 0 bridgehead atoms. The number of amides is 1. The molecule has 3 aromatic rings. The molecule has 3 heterocycles. The van der Waals surface area contributed by atoms with Crippen LogP contribution in [0.3, 0.4) is 0 Å². The van der Waals surface area contributed by atoms with Crippen LogP contribution >= 0.6 is 11.6 Å². The molecule has 3 N–H and O–H groups in total. The number of rotatable bonds is 7. The number of piperidine rings is 2. The zero-order valence-electron chi connectivity index (χ0n) is 23.6. The molecule has 1 amide bonds. The van der Waals surface area contributed by atoms with Crippen molar-refractivity contribution in [1.82, 2.24) is 15.1 Å². The molecule has 10 heteroatoms. The summed E-state index contributed by atoms with van der Waals surface area (Å²) in [5.41, 5.74) is 0.523. The predicted molar refractivity (Wildman–Crippen MR) is 159 cm³/mol. The molecule has 0 spiro atoms. The number of halogens is 1. The molecular weight excluding hydrogens is 546 g/mol. The molecule has 0 radical (unpaired) electrons. The largest absolute Gasteiger partial charge is 0.507 e. The first kappa shape index (κ1) is 29.4. The summed E-state index contributed by atoms with van der Waals surface area (Å²) in [6, 6.07) is 9.94. The number of ether oxygens (including phenoxy) is 1. The molecule has 2 aliphatic rings. The van der Waals surface area contributed by atoms with Crippen molar-refractivity contribution in [2.45, 2.75) is 57.1 Å². The summed E-state index contributed by atoms with van der Waals surface area (Å²) in [5.74, 6) is -0.566. The van der Waals surface area contributed by atoms with Crippen LogP contribution in [0.5, 0.6) is 11.5 Å². The van der Waals surface area contributed by atoms with Crippen LogP contribution in [0.2, 0.25) is 5.02 Å². The van der Waals surface area contributed by atoms with Crippen LogP contribution in [-0.2, 0) is 0 Å². The smallest absolute Gasteiger partial charge is 0.415 e. The third-order valence-corrected chi connectivity index (χ3v) is 8.60. The lowest BCUT2D eigenvalue weighted by Crippen LogP contribution is -2.41. The van der Waals surface area contributed by atoms with E-state index in [1.165, 1.54) is 25.0 Å². The van der Waals surface area contributed by atoms with Gasteiger partial charge in [0.25, 0.3) is 0 Å². The van der Waals surface area contributed by atoms with Gasteiger partial charge in [-0.3, -0.25) is 4.79 Å². The Labute approximate surface area is 244 Å². The molecule has 0 aliphatic carbocycles. The van der Waals surface area contributed by atoms with Gasteiger partial charge in [0.2, 0.25) is 0 Å². The van der Waals surface area contributed by atoms with Crippen molar-refractivity contribution in [1.29, 1.82) is 0 Å². The highest BCUT2D eigenvalue weighted by Gasteiger charge is 2.34. The minimum atomic E-state index is -0.812. The lowest BCUT2D eigenvalue weighted by Gasteiger charge is -2.35. The third-order valence-electron chi connectivity index (χ3n) is 8.27. The molecule has 2 saturated heterocycles. The van der Waals surface area contributed by atoms with Gasteiger partial charge < -0.3 is 34.5 Å². The highest BCUT2D eigenvalue weighted by atomic mass is 35.5. The Bertz CT molecular complexity index is 1450. The lowest BCUT2D eigenvalue weighted by atomic mass is 9.85. The number of phenols is 1. The monoisotopic (exact) mass is 583 g/mol. The van der Waals surface area contributed by atoms with E-state index in [1.54, 1.807) is 29.2 Å². The SMILES string of the molecule is CCN(CCC1CCCCN1)C(=O)Oc1cc(O)c2c(=O)cc(-c3ccccc3Cl)oc2c1[C@H]1CCN(C)C[C@H]1O. The standard InChI is InChI=1S/C31H38ClN3O6/c1-3-35(15-11-19-8-6-7-13-33-19)31(39)41-27-17-24(37)29-23(36)16-26(20-9-4-5-10-22(20)32)40-30(29)28(27)21-12-14-34(2)18-25(21)38/h4-5,9-10,16-17,19,21,25,33,37-38H,3,6-8,11-15,18H2,1-2H3/t19?,21-,25+/m0/s1. The number of aliphatic hydroxyl groups excluding tert-OH is 1. The molecule has 41 heavy (non-hydrogen) atoms. The normalized spacial score (nSPS) is 21.6. The predicted octanol–water partition coefficient (Wildman–Crippen LogP) is 4.95. The Hall–Kier alpha value is -3.11. The van der Waals surface area contributed by atoms with Gasteiger partial charge in [0.05, 0.1) is 11.1 Å². The van der Waals surface area contributed by atoms with E-state index < -0.39 is 23.5 Å². The molecular formula is C31H38ClN3O6. The van der Waals surface area contributed by atoms with Crippen molar-refractivity contribution in [2.24, 2.45) is 0 Å². The number of hydrogen-bond acceptors (Lipinski definition) is 8. The Morgan fingerprint density at radius 2 is 2.05 bits per heavy atom. The first-order valence-electron chi connectivity index (χ1n) is 14.4. The number of likely N-dealkylation sites (N-methyl/N-ethyl adjacent to an activating group) is 1. The number of likely N-dealkylation sites (tertiary alicyclic amines) is 1. The van der Waals surface area contributed by atoms with Gasteiger partial charge in [0.1, 0.15) is 28.2 Å². The Kier molecular flexibility index (Phi) is 9.19. The van der Waals surface area contributed by atoms with Gasteiger partial charge >= 0.3 is 6.09 Å². The molecule has 2 fully saturated rings. The molecule has 5 rings (SSSR count). The average Bonchev–Trinajstić information content (AvgIpc) is 2.94. The number of fused-ring (bicyclic) bond motifs is 1. The van der Waals surface area contributed by atoms with Crippen molar-refractivity contribution in [3.05, 3.63) is 57.2 Å². The second-order valence-electron chi connectivity index (χ2n) is 11.1. The molecule has 3 atom stereocenters. The van der Waals surface area contributed by atoms with E-state index in [1.807, 2.05) is 18.9 Å². The summed E-state index contributed by atoms with van der Waals surface area (Å²) >= 11 is 6.42. The maximum atomic E-state index is 13.5. The maximum absolute atomic E-state index is 13.5. The number of aromatic hydroxyl groups is 1. The molecule has 220 valence electrons. The molecule has 0 saturated carbocycles. The Balaban J connectivity index is 1.57. The summed E-state index contributed by atoms with van der Waals surface area (Å²) in [7, 11) is 1.92. The molecule has 9 nitrogen and oxygen atoms in total. The number of nitrogens with one attached hydrogen (secondary N) is 1. The number of phenolic OH excluding ortho intramolecular Hbond substituents is 1. The van der Waals surface area contributed by atoms with Crippen LogP contribution in [0.1, 0.15) is 50.5 Å². The first-order chi connectivity index (χ1) is 19.8. The van der Waals surface area contributed by atoms with Crippen LogP contribution in [0.4, 0.5) is 4.79 Å². The number of nitrogens with zero attached hydrogens (tertiary/aromatic N) is 2. The average molecular weight is 584 g/mol. The Morgan fingerprint density at radius 1 is 1.24 bits per heavy atom. The number of aliphatic hydroxyl groups is 1. The minimum absolute atomic E-state index is 0.0301. The van der Waals surface area contributed by atoms with E-state index in [2.05, 4.69) is 5.32 Å². The van der Waals surface area contributed by atoms with E-state index >= 15 is 0 Å². The van der Waals surface area contributed by atoms with Crippen molar-refractivity contribution >= 4 is 28.7 Å². The van der Waals surface area contributed by atoms with Crippen molar-refractivity contribution in [3.8, 4) is 22.8 Å². The zero-order chi connectivity index (χ0) is 29.1. The summed E-state index contributed by atoms with van der Waals surface area (Å²) < 4.78 is 12.3. The van der Waals surface area contributed by atoms with E-state index in [4.69, 9.17) is 20.8 Å². The molecule has 2 aromatic carbocycles. The molecule has 2 aliphatic heterocycles. The lowest BCUT2D eigenvalue weighted by molar-refractivity contribution is 0.0628. The second kappa shape index (κ2) is 12.8. The second-order valence-corrected chi connectivity index (χ2v) is 11.5. The van der Waals surface area contributed by atoms with Gasteiger partial charge in [-0.15, -0.1) is 0 Å². The van der Waals surface area contributed by atoms with E-state index in [0.717, 1.165) is 19.4 Å². The van der Waals surface area contributed by atoms with Crippen LogP contribution in [0.15, 0.2) is 45.6 Å². The Morgan fingerprint density at radius 3 is 2.76 bits per heavy atom. The van der Waals surface area contributed by atoms with Crippen LogP contribution in [0, 0.1) is 0 Å². The number of β-amino-alcohol motifs (C(OH)–C–C–N with tert-alkyl or cyclic N) is 1. The molecule has 1 unspecified atom stereocenters. The first-order valence-corrected chi connectivity index (χ1v) is 14.8. The van der Waals surface area contributed by atoms with Crippen LogP contribution in [-0.4, -0.2) is 78.0 Å². The zero-order valence-corrected chi connectivity index (χ0v) is 24.3. The summed E-state index contributed by atoms with van der Waals surface area (Å²) in [6.07, 6.45) is 3.39. The van der Waals surface area contributed by atoms with E-state index in [0.29, 0.717) is 54.8 Å². The van der Waals surface area contributed by atoms with Gasteiger partial charge in [-0.2, -0.15) is 0 Å². The maximum Gasteiger partial charge on any atom is 0.415 e. The van der Waals surface area contributed by atoms with Gasteiger partial charge in [-0.05, 0) is 64.9 Å². The quantitative estimate of drug-likeness (QED) is 0.358. The van der Waals surface area contributed by atoms with Gasteiger partial charge in [-0.25, -0.2) is 4.79 Å². The highest BCUT2D eigenvalue weighted by Crippen LogP contribution is 2.43. The number of benzene rings is 2. The number of carbonyl (C=O) groups is 1. The fraction of sp³-hybridized carbons (Fsp3) is 0.484. The fourth-order valence-electron chi connectivity index (χ4n) is 5.99. The van der Waals surface area contributed by atoms with Crippen LogP contribution in [0.25, 0.3) is 22.3 Å². The highest BCUT2D eigenvalue weighted by molar-refractivity contribution is 6.33. The van der Waals surface area contributed by atoms with Gasteiger partial charge in [0.15, 0.2) is 5.43 Å². The minimum Gasteiger partial charge on any atom is -0.507 e. The summed E-state index contributed by atoms with van der Waals surface area (Å²) in [5, 5.41) is 26.0. The van der Waals surface area contributed by atoms with Crippen molar-refractivity contribution in [3.63, 3.8) is 0 Å². The topological polar surface area (TPSA) is 115 Å². The van der Waals surface area contributed by atoms with Gasteiger partial charge in [-0.1, -0.05) is 30.2 Å². The molecule has 1 aromatic heterocycles. The van der Waals surface area contributed by atoms with Gasteiger partial charge in [0, 0.05) is 54.9 Å². The number of carbonyl (C=O) groups excluding carboxylic acids is 1.